The Bertz CT molecular complexity index is 633. The molecule has 1 aromatic carbocycles. The van der Waals surface area contributed by atoms with E-state index in [-0.39, 0.29) is 41.4 Å². The van der Waals surface area contributed by atoms with Gasteiger partial charge in [0.25, 0.3) is 5.91 Å². The van der Waals surface area contributed by atoms with Gasteiger partial charge in [0.05, 0.1) is 5.75 Å². The number of thioether (sulfide) groups is 1. The molecule has 2 saturated heterocycles. The maximum Gasteiger partial charge on any atom is 0.258 e. The summed E-state index contributed by atoms with van der Waals surface area (Å²) in [6.45, 7) is 0.460. The number of rotatable bonds is 8. The number of carbonyl (C=O) groups is 3. The highest BCUT2D eigenvalue weighted by molar-refractivity contribution is 8.00. The van der Waals surface area contributed by atoms with E-state index >= 15 is 0 Å². The van der Waals surface area contributed by atoms with Crippen LogP contribution in [0.5, 0.6) is 5.75 Å². The Balaban J connectivity index is 1.40. The topological polar surface area (TPSA) is 93.7 Å². The molecule has 2 heterocycles. The first-order valence-electron chi connectivity index (χ1n) is 8.17. The predicted molar refractivity (Wildman–Crippen MR) is 92.2 cm³/mol. The van der Waals surface area contributed by atoms with Gasteiger partial charge in [-0.1, -0.05) is 18.2 Å². The standard InChI is InChI=1S/C17H20N2O5S/c20-12(13-7-4-8-23-13)10-25-17-15(16(22)19-17)18-14(21)9-24-11-5-2-1-3-6-11/h1-3,5-6,13,15,17H,4,7-10H2,(H,18,21)(H,19,22)/t13-,15+,17+/m0/s1. The molecular weight excluding hydrogens is 344 g/mol. The Morgan fingerprint density at radius 1 is 1.32 bits per heavy atom. The van der Waals surface area contributed by atoms with Crippen molar-refractivity contribution in [2.75, 3.05) is 19.0 Å². The quantitative estimate of drug-likeness (QED) is 0.652. The van der Waals surface area contributed by atoms with Gasteiger partial charge in [0.15, 0.2) is 12.4 Å². The number of benzene rings is 1. The molecule has 2 fully saturated rings. The molecule has 1 aromatic rings. The van der Waals surface area contributed by atoms with Crippen molar-refractivity contribution in [1.29, 1.82) is 0 Å². The van der Waals surface area contributed by atoms with Gasteiger partial charge in [-0.3, -0.25) is 14.4 Å². The summed E-state index contributed by atoms with van der Waals surface area (Å²) in [6, 6.07) is 8.33. The lowest BCUT2D eigenvalue weighted by Gasteiger charge is -2.36. The SMILES string of the molecule is O=C(COc1ccccc1)N[C@@H]1C(=O)N[C@@H]1SCC(=O)[C@@H]1CCCO1. The van der Waals surface area contributed by atoms with Crippen molar-refractivity contribution in [2.24, 2.45) is 0 Å². The fourth-order valence-corrected chi connectivity index (χ4v) is 3.72. The Kier molecular flexibility index (Phi) is 5.93. The fourth-order valence-electron chi connectivity index (χ4n) is 2.61. The van der Waals surface area contributed by atoms with Crippen LogP contribution in [-0.2, 0) is 19.1 Å². The number of nitrogens with one attached hydrogen (secondary N) is 2. The lowest BCUT2D eigenvalue weighted by molar-refractivity contribution is -0.134. The first kappa shape index (κ1) is 17.8. The van der Waals surface area contributed by atoms with Crippen molar-refractivity contribution in [3.05, 3.63) is 30.3 Å². The zero-order valence-electron chi connectivity index (χ0n) is 13.6. The van der Waals surface area contributed by atoms with E-state index < -0.39 is 6.04 Å². The van der Waals surface area contributed by atoms with Crippen LogP contribution >= 0.6 is 11.8 Å². The molecule has 7 nitrogen and oxygen atoms in total. The Morgan fingerprint density at radius 2 is 2.12 bits per heavy atom. The number of ether oxygens (including phenoxy) is 2. The van der Waals surface area contributed by atoms with Crippen molar-refractivity contribution >= 4 is 29.4 Å². The zero-order valence-corrected chi connectivity index (χ0v) is 14.4. The molecule has 0 aromatic heterocycles. The predicted octanol–water partition coefficient (Wildman–Crippen LogP) is 0.487. The molecule has 3 rings (SSSR count). The lowest BCUT2D eigenvalue weighted by Crippen LogP contribution is -2.68. The average Bonchev–Trinajstić information content (AvgIpc) is 3.17. The molecule has 0 spiro atoms. The molecule has 0 radical (unpaired) electrons. The Hall–Kier alpha value is -2.06. The molecule has 0 unspecified atom stereocenters. The second-order valence-corrected chi connectivity index (χ2v) is 6.98. The van der Waals surface area contributed by atoms with Crippen LogP contribution in [0.25, 0.3) is 0 Å². The van der Waals surface area contributed by atoms with Gasteiger partial charge < -0.3 is 20.1 Å². The molecule has 2 aliphatic rings. The minimum atomic E-state index is -0.644. The van der Waals surface area contributed by atoms with Gasteiger partial charge in [-0.25, -0.2) is 0 Å². The number of para-hydroxylation sites is 1. The first-order chi connectivity index (χ1) is 12.1. The largest absolute Gasteiger partial charge is 0.484 e. The molecule has 0 bridgehead atoms. The highest BCUT2D eigenvalue weighted by Gasteiger charge is 2.41. The van der Waals surface area contributed by atoms with Crippen LogP contribution in [0.3, 0.4) is 0 Å². The summed E-state index contributed by atoms with van der Waals surface area (Å²) >= 11 is 1.31. The number of Topliss-reactive ketones (excluding diaryl/α,β-unsaturated/α-hetero) is 1. The third-order valence-electron chi connectivity index (χ3n) is 3.99. The lowest BCUT2D eigenvalue weighted by atomic mass is 10.1. The average molecular weight is 364 g/mol. The molecule has 8 heteroatoms. The molecule has 25 heavy (non-hydrogen) atoms. The minimum absolute atomic E-state index is 0.0288. The molecule has 0 saturated carbocycles. The van der Waals surface area contributed by atoms with Crippen molar-refractivity contribution in [3.63, 3.8) is 0 Å². The summed E-state index contributed by atoms with van der Waals surface area (Å²) in [4.78, 5) is 35.6. The highest BCUT2D eigenvalue weighted by atomic mass is 32.2. The van der Waals surface area contributed by atoms with Gasteiger partial charge in [-0.05, 0) is 25.0 Å². The van der Waals surface area contributed by atoms with Crippen LogP contribution < -0.4 is 15.4 Å². The summed E-state index contributed by atoms with van der Waals surface area (Å²) in [5.74, 6) is 0.238. The van der Waals surface area contributed by atoms with E-state index in [0.29, 0.717) is 12.4 Å². The van der Waals surface area contributed by atoms with Gasteiger partial charge in [-0.15, -0.1) is 11.8 Å². The molecular formula is C17H20N2O5S. The number of hydrogen-bond donors (Lipinski definition) is 2. The second kappa shape index (κ2) is 8.35. The monoisotopic (exact) mass is 364 g/mol. The maximum absolute atomic E-state index is 12.0. The van der Waals surface area contributed by atoms with E-state index in [1.165, 1.54) is 11.8 Å². The highest BCUT2D eigenvalue weighted by Crippen LogP contribution is 2.22. The van der Waals surface area contributed by atoms with Gasteiger partial charge in [0, 0.05) is 6.61 Å². The van der Waals surface area contributed by atoms with Crippen molar-refractivity contribution in [3.8, 4) is 5.75 Å². The molecule has 0 aliphatic carbocycles. The van der Waals surface area contributed by atoms with E-state index in [1.54, 1.807) is 12.1 Å². The molecule has 2 amide bonds. The summed E-state index contributed by atoms with van der Waals surface area (Å²) in [5, 5.41) is 5.03. The van der Waals surface area contributed by atoms with Crippen LogP contribution in [0.4, 0.5) is 0 Å². The fraction of sp³-hybridized carbons (Fsp3) is 0.471. The summed E-state index contributed by atoms with van der Waals surface area (Å²) < 4.78 is 10.7. The number of β-lactam (4-membered cyclic amide) rings is 1. The Morgan fingerprint density at radius 3 is 2.80 bits per heavy atom. The van der Waals surface area contributed by atoms with Gasteiger partial charge >= 0.3 is 0 Å². The van der Waals surface area contributed by atoms with Crippen molar-refractivity contribution in [2.45, 2.75) is 30.4 Å². The molecule has 3 atom stereocenters. The zero-order chi connectivity index (χ0) is 17.6. The van der Waals surface area contributed by atoms with E-state index in [1.807, 2.05) is 18.2 Å². The molecule has 134 valence electrons. The maximum atomic E-state index is 12.0. The van der Waals surface area contributed by atoms with Crippen LogP contribution in [-0.4, -0.2) is 54.1 Å². The molecule has 2 aliphatic heterocycles. The smallest absolute Gasteiger partial charge is 0.258 e. The van der Waals surface area contributed by atoms with E-state index in [2.05, 4.69) is 10.6 Å². The van der Waals surface area contributed by atoms with Crippen LogP contribution in [0, 0.1) is 0 Å². The van der Waals surface area contributed by atoms with Gasteiger partial charge in [0.2, 0.25) is 5.91 Å². The van der Waals surface area contributed by atoms with Gasteiger partial charge in [-0.2, -0.15) is 0 Å². The van der Waals surface area contributed by atoms with Crippen molar-refractivity contribution in [1.82, 2.24) is 10.6 Å². The van der Waals surface area contributed by atoms with Crippen molar-refractivity contribution < 1.29 is 23.9 Å². The van der Waals surface area contributed by atoms with Crippen LogP contribution in [0.15, 0.2) is 30.3 Å². The minimum Gasteiger partial charge on any atom is -0.484 e. The number of ketones is 1. The third-order valence-corrected chi connectivity index (χ3v) is 5.19. The summed E-state index contributed by atoms with van der Waals surface area (Å²) in [6.07, 6.45) is 1.34. The number of carbonyl (C=O) groups excluding carboxylic acids is 3. The van der Waals surface area contributed by atoms with Gasteiger partial charge in [0.1, 0.15) is 23.3 Å². The van der Waals surface area contributed by atoms with Crippen LogP contribution in [0.1, 0.15) is 12.8 Å². The Labute approximate surface area is 149 Å². The third kappa shape index (κ3) is 4.73. The van der Waals surface area contributed by atoms with Crippen LogP contribution in [0.2, 0.25) is 0 Å². The van der Waals surface area contributed by atoms with E-state index in [4.69, 9.17) is 9.47 Å². The molecule has 2 N–H and O–H groups in total. The number of amides is 2. The summed E-state index contributed by atoms with van der Waals surface area (Å²) in [7, 11) is 0. The second-order valence-electron chi connectivity index (χ2n) is 5.86. The summed E-state index contributed by atoms with van der Waals surface area (Å²) in [5.41, 5.74) is 0. The number of hydrogen-bond acceptors (Lipinski definition) is 6. The van der Waals surface area contributed by atoms with E-state index in [0.717, 1.165) is 12.8 Å². The first-order valence-corrected chi connectivity index (χ1v) is 9.22. The van der Waals surface area contributed by atoms with E-state index in [9.17, 15) is 14.4 Å². The normalized spacial score (nSPS) is 25.0.